The summed E-state index contributed by atoms with van der Waals surface area (Å²) < 4.78 is 0. The second-order valence-corrected chi connectivity index (χ2v) is 3.06. The molecule has 0 heterocycles. The van der Waals surface area contributed by atoms with Gasteiger partial charge in [-0.3, -0.25) is 0 Å². The van der Waals surface area contributed by atoms with Crippen LogP contribution >= 0.6 is 0 Å². The van der Waals surface area contributed by atoms with Gasteiger partial charge in [-0.2, -0.15) is 0 Å². The van der Waals surface area contributed by atoms with Gasteiger partial charge in [0.15, 0.2) is 0 Å². The molecule has 0 nitrogen and oxygen atoms in total. The van der Waals surface area contributed by atoms with Crippen molar-refractivity contribution in [3.05, 3.63) is 41.3 Å². The molecule has 11 heavy (non-hydrogen) atoms. The monoisotopic (exact) mass is 147 g/mol. The van der Waals surface area contributed by atoms with Crippen LogP contribution in [-0.4, -0.2) is 0 Å². The number of rotatable bonds is 1. The number of aryl methyl sites for hydroxylation is 3. The number of benzene rings is 1. The Bertz CT molecular complexity index is 236. The molecule has 0 bridgehead atoms. The molecule has 0 spiro atoms. The summed E-state index contributed by atoms with van der Waals surface area (Å²) in [5.74, 6) is 0. The Hall–Kier alpha value is -0.780. The van der Waals surface area contributed by atoms with E-state index in [4.69, 9.17) is 0 Å². The van der Waals surface area contributed by atoms with Crippen molar-refractivity contribution in [2.45, 2.75) is 27.2 Å². The van der Waals surface area contributed by atoms with Gasteiger partial charge in [-0.15, -0.1) is 0 Å². The minimum absolute atomic E-state index is 1.11. The zero-order chi connectivity index (χ0) is 8.43. The molecule has 0 N–H and O–H groups in total. The fraction of sp³-hybridized carbons (Fsp3) is 0.364. The van der Waals surface area contributed by atoms with Gasteiger partial charge >= 0.3 is 0 Å². The fourth-order valence-electron chi connectivity index (χ4n) is 1.29. The molecule has 0 aliphatic rings. The maximum Gasteiger partial charge on any atom is -0.0233 e. The molecule has 0 unspecified atom stereocenters. The van der Waals surface area contributed by atoms with Crippen molar-refractivity contribution in [1.82, 2.24) is 0 Å². The third-order valence-corrected chi connectivity index (χ3v) is 2.16. The smallest absolute Gasteiger partial charge is 0.0233 e. The first-order valence-corrected chi connectivity index (χ1v) is 4.07. The molecule has 0 aliphatic carbocycles. The van der Waals surface area contributed by atoms with Gasteiger partial charge in [0.1, 0.15) is 0 Å². The molecule has 0 fully saturated rings. The molecule has 0 amide bonds. The Balaban J connectivity index is 3.21. The predicted molar refractivity (Wildman–Crippen MR) is 49.8 cm³/mol. The lowest BCUT2D eigenvalue weighted by Gasteiger charge is -2.06. The third-order valence-electron chi connectivity index (χ3n) is 2.16. The normalized spacial score (nSPS) is 10.2. The molecule has 1 aromatic carbocycles. The average molecular weight is 147 g/mol. The Morgan fingerprint density at radius 3 is 2.00 bits per heavy atom. The van der Waals surface area contributed by atoms with E-state index in [0.717, 1.165) is 6.42 Å². The van der Waals surface area contributed by atoms with Crippen LogP contribution in [0.5, 0.6) is 0 Å². The molecule has 59 valence electrons. The van der Waals surface area contributed by atoms with E-state index >= 15 is 0 Å². The van der Waals surface area contributed by atoms with Crippen LogP contribution in [0, 0.1) is 20.8 Å². The molecular weight excluding hydrogens is 132 g/mol. The molecule has 1 aromatic rings. The van der Waals surface area contributed by atoms with Gasteiger partial charge in [0, 0.05) is 0 Å². The van der Waals surface area contributed by atoms with Gasteiger partial charge in [-0.05, 0) is 49.4 Å². The van der Waals surface area contributed by atoms with E-state index in [2.05, 4.69) is 39.8 Å². The van der Waals surface area contributed by atoms with Crippen LogP contribution in [0.15, 0.2) is 12.1 Å². The summed E-state index contributed by atoms with van der Waals surface area (Å²) in [6.45, 7) is 10.4. The molecule has 0 saturated carbocycles. The Morgan fingerprint density at radius 1 is 1.18 bits per heavy atom. The van der Waals surface area contributed by atoms with Gasteiger partial charge in [0.05, 0.1) is 0 Å². The van der Waals surface area contributed by atoms with E-state index < -0.39 is 0 Å². The minimum Gasteiger partial charge on any atom is -0.0613 e. The van der Waals surface area contributed by atoms with Gasteiger partial charge in [0.25, 0.3) is 0 Å². The summed E-state index contributed by atoms with van der Waals surface area (Å²) in [5, 5.41) is 0. The molecule has 1 rings (SSSR count). The highest BCUT2D eigenvalue weighted by molar-refractivity contribution is 5.39. The third kappa shape index (κ3) is 1.62. The van der Waals surface area contributed by atoms with Crippen molar-refractivity contribution in [3.63, 3.8) is 0 Å². The molecule has 0 heteroatoms. The topological polar surface area (TPSA) is 0 Å². The summed E-state index contributed by atoms with van der Waals surface area (Å²) in [5.41, 5.74) is 5.21. The Kier molecular flexibility index (Phi) is 2.33. The first kappa shape index (κ1) is 8.32. The second kappa shape index (κ2) is 3.08. The molecule has 0 aliphatic heterocycles. The van der Waals surface area contributed by atoms with Crippen LogP contribution in [-0.2, 0) is 6.42 Å². The quantitative estimate of drug-likeness (QED) is 0.572. The number of hydrogen-bond acceptors (Lipinski definition) is 0. The fourth-order valence-corrected chi connectivity index (χ4v) is 1.29. The van der Waals surface area contributed by atoms with Crippen LogP contribution < -0.4 is 0 Å². The van der Waals surface area contributed by atoms with Gasteiger partial charge in [-0.1, -0.05) is 19.1 Å². The van der Waals surface area contributed by atoms with Crippen LogP contribution in [0.3, 0.4) is 0 Å². The van der Waals surface area contributed by atoms with E-state index in [1.54, 1.807) is 0 Å². The zero-order valence-electron chi connectivity index (χ0n) is 7.57. The molecule has 0 atom stereocenters. The highest BCUT2D eigenvalue weighted by Gasteiger charge is 1.98. The average Bonchev–Trinajstić information content (AvgIpc) is 1.99. The maximum atomic E-state index is 4.00. The first-order chi connectivity index (χ1) is 5.15. The van der Waals surface area contributed by atoms with Crippen molar-refractivity contribution < 1.29 is 0 Å². The minimum atomic E-state index is 1.11. The van der Waals surface area contributed by atoms with E-state index in [1.807, 2.05) is 0 Å². The van der Waals surface area contributed by atoms with Crippen molar-refractivity contribution >= 4 is 0 Å². The van der Waals surface area contributed by atoms with Crippen molar-refractivity contribution in [3.8, 4) is 0 Å². The zero-order valence-corrected chi connectivity index (χ0v) is 7.57. The first-order valence-electron chi connectivity index (χ1n) is 4.07. The summed E-state index contributed by atoms with van der Waals surface area (Å²) in [7, 11) is 0. The van der Waals surface area contributed by atoms with E-state index in [1.165, 1.54) is 22.3 Å². The summed E-state index contributed by atoms with van der Waals surface area (Å²) in [4.78, 5) is 0. The summed E-state index contributed by atoms with van der Waals surface area (Å²) in [6, 6.07) is 4.44. The van der Waals surface area contributed by atoms with E-state index in [9.17, 15) is 0 Å². The standard InChI is InChI=1S/C11H15/c1-5-11-6-8(2)10(4)9(3)7-11/h6-7H,4-5H2,1-3H3. The van der Waals surface area contributed by atoms with Gasteiger partial charge in [0.2, 0.25) is 0 Å². The van der Waals surface area contributed by atoms with E-state index in [-0.39, 0.29) is 0 Å². The van der Waals surface area contributed by atoms with Crippen LogP contribution in [0.2, 0.25) is 0 Å². The summed E-state index contributed by atoms with van der Waals surface area (Å²) in [6.07, 6.45) is 1.11. The molecular formula is C11H15. The van der Waals surface area contributed by atoms with Crippen LogP contribution in [0.1, 0.15) is 29.2 Å². The van der Waals surface area contributed by atoms with E-state index in [0.29, 0.717) is 0 Å². The Morgan fingerprint density at radius 2 is 1.64 bits per heavy atom. The van der Waals surface area contributed by atoms with Gasteiger partial charge in [-0.25, -0.2) is 0 Å². The van der Waals surface area contributed by atoms with Crippen molar-refractivity contribution in [2.24, 2.45) is 0 Å². The molecule has 1 radical (unpaired) electrons. The molecule has 0 saturated heterocycles. The largest absolute Gasteiger partial charge is 0.0613 e. The van der Waals surface area contributed by atoms with Gasteiger partial charge < -0.3 is 0 Å². The SMILES string of the molecule is [CH2]c1c(C)cc(CC)cc1C. The Labute approximate surface area is 69.3 Å². The molecule has 0 aromatic heterocycles. The van der Waals surface area contributed by atoms with Crippen molar-refractivity contribution in [2.75, 3.05) is 0 Å². The summed E-state index contributed by atoms with van der Waals surface area (Å²) >= 11 is 0. The highest BCUT2D eigenvalue weighted by Crippen LogP contribution is 2.15. The highest BCUT2D eigenvalue weighted by atomic mass is 14.0. The van der Waals surface area contributed by atoms with Crippen molar-refractivity contribution in [1.29, 1.82) is 0 Å². The lowest BCUT2D eigenvalue weighted by atomic mass is 10.00. The maximum absolute atomic E-state index is 4.00. The second-order valence-electron chi connectivity index (χ2n) is 3.06. The lowest BCUT2D eigenvalue weighted by Crippen LogP contribution is -1.89. The number of hydrogen-bond donors (Lipinski definition) is 0. The van der Waals surface area contributed by atoms with Crippen LogP contribution in [0.25, 0.3) is 0 Å². The predicted octanol–water partition coefficient (Wildman–Crippen LogP) is 3.05. The lowest BCUT2D eigenvalue weighted by molar-refractivity contribution is 1.12. The van der Waals surface area contributed by atoms with Crippen LogP contribution in [0.4, 0.5) is 0 Å².